The van der Waals surface area contributed by atoms with E-state index in [2.05, 4.69) is 10.3 Å². The summed E-state index contributed by atoms with van der Waals surface area (Å²) in [5.41, 5.74) is 1.08. The van der Waals surface area contributed by atoms with Crippen LogP contribution in [0.4, 0.5) is 0 Å². The minimum atomic E-state index is -0.259. The molecule has 9 heteroatoms. The number of benzene rings is 2. The van der Waals surface area contributed by atoms with Crippen molar-refractivity contribution < 1.29 is 9.21 Å². The summed E-state index contributed by atoms with van der Waals surface area (Å²) in [5.74, 6) is 0.485. The number of fused-ring (bicyclic) bond motifs is 1. The van der Waals surface area contributed by atoms with Crippen LogP contribution < -0.4 is 10.9 Å². The SMILES string of the molecule is CC(NC(=O)CSc1nc2cc(Cl)ccc2c(=O)n1Cc1ccco1)c1ccccc1Cl. The fourth-order valence-electron chi connectivity index (χ4n) is 3.30. The lowest BCUT2D eigenvalue weighted by atomic mass is 10.1. The number of amides is 1. The minimum Gasteiger partial charge on any atom is -0.467 e. The Bertz CT molecular complexity index is 1320. The number of nitrogens with one attached hydrogen (secondary N) is 1. The second kappa shape index (κ2) is 9.81. The van der Waals surface area contributed by atoms with Crippen molar-refractivity contribution in [2.45, 2.75) is 24.7 Å². The molecule has 32 heavy (non-hydrogen) atoms. The first-order chi connectivity index (χ1) is 15.4. The zero-order chi connectivity index (χ0) is 22.7. The van der Waals surface area contributed by atoms with Crippen LogP contribution in [0.25, 0.3) is 10.9 Å². The van der Waals surface area contributed by atoms with Crippen LogP contribution in [0.1, 0.15) is 24.3 Å². The number of hydrogen-bond donors (Lipinski definition) is 1. The lowest BCUT2D eigenvalue weighted by Crippen LogP contribution is -2.29. The smallest absolute Gasteiger partial charge is 0.262 e. The molecule has 2 aromatic heterocycles. The summed E-state index contributed by atoms with van der Waals surface area (Å²) in [4.78, 5) is 30.4. The number of rotatable bonds is 7. The molecule has 4 rings (SSSR count). The molecule has 0 saturated heterocycles. The lowest BCUT2D eigenvalue weighted by Gasteiger charge is -2.16. The molecule has 0 aliphatic carbocycles. The van der Waals surface area contributed by atoms with Gasteiger partial charge in [-0.1, -0.05) is 53.2 Å². The zero-order valence-corrected chi connectivity index (χ0v) is 19.4. The highest BCUT2D eigenvalue weighted by molar-refractivity contribution is 7.99. The third kappa shape index (κ3) is 5.01. The molecular weight excluding hydrogens is 469 g/mol. The van der Waals surface area contributed by atoms with Crippen LogP contribution in [0.2, 0.25) is 10.0 Å². The minimum absolute atomic E-state index is 0.0749. The van der Waals surface area contributed by atoms with Gasteiger partial charge in [-0.15, -0.1) is 0 Å². The number of thioether (sulfide) groups is 1. The molecule has 2 aromatic carbocycles. The molecule has 0 radical (unpaired) electrons. The summed E-state index contributed by atoms with van der Waals surface area (Å²) in [6.07, 6.45) is 1.55. The Morgan fingerprint density at radius 2 is 2.00 bits per heavy atom. The Kier molecular flexibility index (Phi) is 6.89. The summed E-state index contributed by atoms with van der Waals surface area (Å²) in [5, 5.41) is 4.86. The van der Waals surface area contributed by atoms with E-state index >= 15 is 0 Å². The Balaban J connectivity index is 1.57. The molecule has 4 aromatic rings. The first-order valence-electron chi connectivity index (χ1n) is 9.81. The van der Waals surface area contributed by atoms with Gasteiger partial charge in [-0.3, -0.25) is 14.2 Å². The van der Waals surface area contributed by atoms with Crippen molar-refractivity contribution in [2.24, 2.45) is 0 Å². The van der Waals surface area contributed by atoms with Crippen molar-refractivity contribution in [3.05, 3.63) is 92.6 Å². The van der Waals surface area contributed by atoms with Gasteiger partial charge in [-0.2, -0.15) is 0 Å². The average molecular weight is 488 g/mol. The molecule has 0 saturated carbocycles. The Morgan fingerprint density at radius 3 is 2.75 bits per heavy atom. The van der Waals surface area contributed by atoms with Crippen molar-refractivity contribution in [1.29, 1.82) is 0 Å². The largest absolute Gasteiger partial charge is 0.467 e. The molecule has 0 fully saturated rings. The van der Waals surface area contributed by atoms with E-state index in [1.165, 1.54) is 16.3 Å². The molecule has 6 nitrogen and oxygen atoms in total. The van der Waals surface area contributed by atoms with Crippen LogP contribution in [0.3, 0.4) is 0 Å². The average Bonchev–Trinajstić information content (AvgIpc) is 3.28. The van der Waals surface area contributed by atoms with E-state index in [9.17, 15) is 9.59 Å². The van der Waals surface area contributed by atoms with E-state index in [0.717, 1.165) is 5.56 Å². The highest BCUT2D eigenvalue weighted by Gasteiger charge is 2.17. The second-order valence-corrected chi connectivity index (χ2v) is 8.91. The van der Waals surface area contributed by atoms with Gasteiger partial charge in [0.15, 0.2) is 5.16 Å². The number of aromatic nitrogens is 2. The van der Waals surface area contributed by atoms with Crippen LogP contribution in [0.15, 0.2) is 75.2 Å². The molecule has 0 aliphatic rings. The van der Waals surface area contributed by atoms with Gasteiger partial charge in [-0.25, -0.2) is 4.98 Å². The van der Waals surface area contributed by atoms with Crippen molar-refractivity contribution in [1.82, 2.24) is 14.9 Å². The maximum atomic E-state index is 13.1. The highest BCUT2D eigenvalue weighted by atomic mass is 35.5. The first-order valence-corrected chi connectivity index (χ1v) is 11.6. The molecule has 1 amide bonds. The van der Waals surface area contributed by atoms with E-state index in [0.29, 0.717) is 31.9 Å². The summed E-state index contributed by atoms with van der Waals surface area (Å²) in [6.45, 7) is 2.07. The molecule has 1 atom stereocenters. The van der Waals surface area contributed by atoms with E-state index in [-0.39, 0.29) is 29.8 Å². The maximum Gasteiger partial charge on any atom is 0.262 e. The van der Waals surface area contributed by atoms with Gasteiger partial charge >= 0.3 is 0 Å². The normalized spacial score (nSPS) is 12.1. The van der Waals surface area contributed by atoms with Crippen LogP contribution in [-0.4, -0.2) is 21.2 Å². The summed E-state index contributed by atoms with van der Waals surface area (Å²) < 4.78 is 6.91. The monoisotopic (exact) mass is 487 g/mol. The Morgan fingerprint density at radius 1 is 1.19 bits per heavy atom. The van der Waals surface area contributed by atoms with Crippen molar-refractivity contribution >= 4 is 51.8 Å². The summed E-state index contributed by atoms with van der Waals surface area (Å²) in [6, 6.07) is 15.6. The molecule has 0 spiro atoms. The van der Waals surface area contributed by atoms with Gasteiger partial charge < -0.3 is 9.73 Å². The molecule has 164 valence electrons. The van der Waals surface area contributed by atoms with Gasteiger partial charge in [0.05, 0.1) is 35.5 Å². The van der Waals surface area contributed by atoms with Crippen molar-refractivity contribution in [3.63, 3.8) is 0 Å². The Labute approximate surface area is 198 Å². The molecule has 0 aliphatic heterocycles. The van der Waals surface area contributed by atoms with Crippen molar-refractivity contribution in [3.8, 4) is 0 Å². The topological polar surface area (TPSA) is 77.1 Å². The fraction of sp³-hybridized carbons (Fsp3) is 0.174. The van der Waals surface area contributed by atoms with Gasteiger partial charge in [-0.05, 0) is 48.9 Å². The van der Waals surface area contributed by atoms with Gasteiger partial charge in [0, 0.05) is 10.0 Å². The number of carbonyl (C=O) groups excluding carboxylic acids is 1. The lowest BCUT2D eigenvalue weighted by molar-refractivity contribution is -0.119. The van der Waals surface area contributed by atoms with Crippen LogP contribution in [0.5, 0.6) is 0 Å². The molecular formula is C23H19Cl2N3O3S. The predicted molar refractivity (Wildman–Crippen MR) is 128 cm³/mol. The standard InChI is InChI=1S/C23H19Cl2N3O3S/c1-14(17-6-2-3-7-19(17)25)26-21(29)13-32-23-27-20-11-15(24)8-9-18(20)22(30)28(23)12-16-5-4-10-31-16/h2-11,14H,12-13H2,1H3,(H,26,29). The fourth-order valence-corrected chi connectivity index (χ4v) is 4.57. The van der Waals surface area contributed by atoms with Gasteiger partial charge in [0.25, 0.3) is 5.56 Å². The molecule has 1 unspecified atom stereocenters. The second-order valence-electron chi connectivity index (χ2n) is 7.13. The zero-order valence-electron chi connectivity index (χ0n) is 17.0. The molecule has 1 N–H and O–H groups in total. The predicted octanol–water partition coefficient (Wildman–Crippen LogP) is 5.31. The third-order valence-corrected chi connectivity index (χ3v) is 6.41. The van der Waals surface area contributed by atoms with E-state index in [1.807, 2.05) is 25.1 Å². The number of nitrogens with zero attached hydrogens (tertiary/aromatic N) is 2. The molecule has 2 heterocycles. The van der Waals surface area contributed by atoms with E-state index < -0.39 is 0 Å². The quantitative estimate of drug-likeness (QED) is 0.282. The Hall–Kier alpha value is -2.74. The number of halogens is 2. The van der Waals surface area contributed by atoms with Crippen LogP contribution >= 0.6 is 35.0 Å². The van der Waals surface area contributed by atoms with Gasteiger partial charge in [0.1, 0.15) is 5.76 Å². The van der Waals surface area contributed by atoms with Crippen LogP contribution in [-0.2, 0) is 11.3 Å². The number of hydrogen-bond acceptors (Lipinski definition) is 5. The molecule has 0 bridgehead atoms. The third-order valence-electron chi connectivity index (χ3n) is 4.86. The number of carbonyl (C=O) groups is 1. The first kappa shape index (κ1) is 22.5. The van der Waals surface area contributed by atoms with Crippen molar-refractivity contribution in [2.75, 3.05) is 5.75 Å². The highest BCUT2D eigenvalue weighted by Crippen LogP contribution is 2.24. The van der Waals surface area contributed by atoms with Crippen LogP contribution in [0, 0.1) is 0 Å². The number of furan rings is 1. The van der Waals surface area contributed by atoms with E-state index in [4.69, 9.17) is 27.6 Å². The van der Waals surface area contributed by atoms with E-state index in [1.54, 1.807) is 42.7 Å². The van der Waals surface area contributed by atoms with Gasteiger partial charge in [0.2, 0.25) is 5.91 Å². The summed E-state index contributed by atoms with van der Waals surface area (Å²) in [7, 11) is 0. The maximum absolute atomic E-state index is 13.1. The summed E-state index contributed by atoms with van der Waals surface area (Å²) >= 11 is 13.5.